The van der Waals surface area contributed by atoms with Gasteiger partial charge >= 0.3 is 0 Å². The number of carbonyl (C=O) groups is 1. The van der Waals surface area contributed by atoms with E-state index >= 15 is 0 Å². The first-order valence-corrected chi connectivity index (χ1v) is 9.75. The van der Waals surface area contributed by atoms with Gasteiger partial charge in [-0.2, -0.15) is 0 Å². The smallest absolute Gasteiger partial charge is 0.268 e. The number of thiophene rings is 1. The first-order valence-electron chi connectivity index (χ1n) is 8.87. The molecule has 0 aliphatic carbocycles. The molecule has 4 rings (SSSR count). The van der Waals surface area contributed by atoms with Crippen molar-refractivity contribution >= 4 is 38.4 Å². The molecule has 0 saturated carbocycles. The van der Waals surface area contributed by atoms with Gasteiger partial charge in [0.05, 0.1) is 12.1 Å². The first kappa shape index (κ1) is 17.5. The second kappa shape index (κ2) is 7.36. The third-order valence-electron chi connectivity index (χ3n) is 4.69. The topological polar surface area (TPSA) is 81.8 Å². The molecule has 0 bridgehead atoms. The lowest BCUT2D eigenvalue weighted by atomic mass is 10.1. The fraction of sp³-hybridized carbons (Fsp3) is 0.250. The minimum absolute atomic E-state index is 0.0444. The number of nitrogens with one attached hydrogen (secondary N) is 2. The summed E-state index contributed by atoms with van der Waals surface area (Å²) >= 11 is 1.37. The predicted molar refractivity (Wildman–Crippen MR) is 108 cm³/mol. The Morgan fingerprint density at radius 3 is 3.00 bits per heavy atom. The first-order chi connectivity index (χ1) is 13.1. The molecule has 0 aliphatic rings. The Morgan fingerprint density at radius 1 is 1.26 bits per heavy atom. The van der Waals surface area contributed by atoms with Crippen LogP contribution < -0.4 is 5.56 Å². The largest absolute Gasteiger partial charge is 0.361 e. The van der Waals surface area contributed by atoms with Crippen molar-refractivity contribution in [3.8, 4) is 0 Å². The number of carbonyl (C=O) groups excluding carboxylic acids is 1. The molecule has 0 radical (unpaired) electrons. The van der Waals surface area contributed by atoms with E-state index in [1.807, 2.05) is 29.8 Å². The number of hydrogen-bond donors (Lipinski definition) is 2. The zero-order chi connectivity index (χ0) is 18.8. The summed E-state index contributed by atoms with van der Waals surface area (Å²) in [5, 5.41) is 3.06. The Balaban J connectivity index is 1.35. The Kier molecular flexibility index (Phi) is 4.77. The van der Waals surface area contributed by atoms with Crippen LogP contribution in [0.2, 0.25) is 0 Å². The molecule has 0 aliphatic heterocycles. The average molecular weight is 380 g/mol. The Bertz CT molecular complexity index is 1160. The summed E-state index contributed by atoms with van der Waals surface area (Å²) in [6, 6.07) is 10.00. The number of amides is 1. The van der Waals surface area contributed by atoms with Gasteiger partial charge in [-0.25, -0.2) is 4.98 Å². The van der Waals surface area contributed by atoms with Crippen molar-refractivity contribution in [3.05, 3.63) is 63.7 Å². The SMILES string of the molecule is CN(Cc1nc2ccsc2c(=O)[nH]1)C(=O)CCCc1c[nH]c2ccccc12. The molecule has 27 heavy (non-hydrogen) atoms. The van der Waals surface area contributed by atoms with Gasteiger partial charge in [-0.15, -0.1) is 11.3 Å². The van der Waals surface area contributed by atoms with Gasteiger partial charge in [-0.3, -0.25) is 9.59 Å². The number of nitrogens with zero attached hydrogens (tertiary/aromatic N) is 2. The average Bonchev–Trinajstić information content (AvgIpc) is 3.29. The lowest BCUT2D eigenvalue weighted by Gasteiger charge is -2.16. The van der Waals surface area contributed by atoms with Crippen molar-refractivity contribution < 1.29 is 4.79 Å². The number of H-pyrrole nitrogens is 2. The maximum atomic E-state index is 12.4. The maximum Gasteiger partial charge on any atom is 0.268 e. The molecule has 1 amide bonds. The molecular weight excluding hydrogens is 360 g/mol. The highest BCUT2D eigenvalue weighted by Gasteiger charge is 2.13. The van der Waals surface area contributed by atoms with Crippen LogP contribution >= 0.6 is 11.3 Å². The van der Waals surface area contributed by atoms with E-state index in [4.69, 9.17) is 0 Å². The van der Waals surface area contributed by atoms with E-state index in [0.717, 1.165) is 18.4 Å². The number of rotatable bonds is 6. The van der Waals surface area contributed by atoms with Gasteiger partial charge in [0.15, 0.2) is 0 Å². The summed E-state index contributed by atoms with van der Waals surface area (Å²) in [7, 11) is 1.74. The van der Waals surface area contributed by atoms with Crippen LogP contribution in [-0.2, 0) is 17.8 Å². The van der Waals surface area contributed by atoms with Crippen molar-refractivity contribution in [1.82, 2.24) is 19.9 Å². The zero-order valence-corrected chi connectivity index (χ0v) is 15.8. The third kappa shape index (κ3) is 3.64. The van der Waals surface area contributed by atoms with Crippen molar-refractivity contribution in [2.75, 3.05) is 7.05 Å². The molecular formula is C20H20N4O2S. The van der Waals surface area contributed by atoms with Crippen LogP contribution in [0, 0.1) is 0 Å². The van der Waals surface area contributed by atoms with Gasteiger partial charge in [0.1, 0.15) is 10.5 Å². The van der Waals surface area contributed by atoms with Crippen LogP contribution in [-0.4, -0.2) is 32.8 Å². The molecule has 2 N–H and O–H groups in total. The highest BCUT2D eigenvalue weighted by atomic mass is 32.1. The fourth-order valence-corrected chi connectivity index (χ4v) is 3.99. The van der Waals surface area contributed by atoms with Gasteiger partial charge in [0, 0.05) is 30.6 Å². The predicted octanol–water partition coefficient (Wildman–Crippen LogP) is 3.45. The quantitative estimate of drug-likeness (QED) is 0.537. The van der Waals surface area contributed by atoms with E-state index in [1.165, 1.54) is 22.3 Å². The van der Waals surface area contributed by atoms with Gasteiger partial charge in [-0.1, -0.05) is 18.2 Å². The second-order valence-corrected chi connectivity index (χ2v) is 7.53. The van der Waals surface area contributed by atoms with Crippen molar-refractivity contribution in [2.45, 2.75) is 25.8 Å². The second-order valence-electron chi connectivity index (χ2n) is 6.61. The summed E-state index contributed by atoms with van der Waals surface area (Å²) in [4.78, 5) is 36.5. The number of aryl methyl sites for hydroxylation is 1. The summed E-state index contributed by atoms with van der Waals surface area (Å²) in [6.07, 6.45) is 4.10. The Labute approximate surface area is 159 Å². The molecule has 7 heteroatoms. The highest BCUT2D eigenvalue weighted by molar-refractivity contribution is 7.17. The van der Waals surface area contributed by atoms with Crippen LogP contribution in [0.15, 0.2) is 46.7 Å². The summed E-state index contributed by atoms with van der Waals surface area (Å²) in [6.45, 7) is 0.299. The number of para-hydroxylation sites is 1. The van der Waals surface area contributed by atoms with Crippen LogP contribution in [0.5, 0.6) is 0 Å². The summed E-state index contributed by atoms with van der Waals surface area (Å²) in [5.74, 6) is 0.557. The highest BCUT2D eigenvalue weighted by Crippen LogP contribution is 2.20. The molecule has 3 heterocycles. The third-order valence-corrected chi connectivity index (χ3v) is 5.59. The van der Waals surface area contributed by atoms with Crippen molar-refractivity contribution in [1.29, 1.82) is 0 Å². The van der Waals surface area contributed by atoms with Gasteiger partial charge in [-0.05, 0) is 35.9 Å². The number of hydrogen-bond acceptors (Lipinski definition) is 4. The lowest BCUT2D eigenvalue weighted by molar-refractivity contribution is -0.130. The standard InChI is InChI=1S/C20H20N4O2S/c1-24(12-17-22-16-9-10-27-19(16)20(26)23-17)18(25)8-4-5-13-11-21-15-7-3-2-6-14(13)15/h2-3,6-7,9-11,21H,4-5,8,12H2,1H3,(H,22,23,26). The van der Waals surface area contributed by atoms with E-state index in [0.29, 0.717) is 29.0 Å². The van der Waals surface area contributed by atoms with Crippen molar-refractivity contribution in [2.24, 2.45) is 0 Å². The lowest BCUT2D eigenvalue weighted by Crippen LogP contribution is -2.28. The van der Waals surface area contributed by atoms with E-state index in [9.17, 15) is 9.59 Å². The number of benzene rings is 1. The molecule has 1 aromatic carbocycles. The molecule has 0 spiro atoms. The molecule has 6 nitrogen and oxygen atoms in total. The van der Waals surface area contributed by atoms with Crippen LogP contribution in [0.25, 0.3) is 21.1 Å². The molecule has 0 saturated heterocycles. The van der Waals surface area contributed by atoms with Gasteiger partial charge in [0.2, 0.25) is 5.91 Å². The molecule has 0 atom stereocenters. The zero-order valence-electron chi connectivity index (χ0n) is 15.0. The Hall–Kier alpha value is -2.93. The molecule has 0 fully saturated rings. The molecule has 3 aromatic heterocycles. The van der Waals surface area contributed by atoms with Crippen LogP contribution in [0.4, 0.5) is 0 Å². The van der Waals surface area contributed by atoms with E-state index < -0.39 is 0 Å². The van der Waals surface area contributed by atoms with Crippen LogP contribution in [0.1, 0.15) is 24.2 Å². The van der Waals surface area contributed by atoms with Crippen molar-refractivity contribution in [3.63, 3.8) is 0 Å². The van der Waals surface area contributed by atoms with Gasteiger partial charge < -0.3 is 14.9 Å². The minimum atomic E-state index is -0.148. The Morgan fingerprint density at radius 2 is 2.11 bits per heavy atom. The monoisotopic (exact) mass is 380 g/mol. The summed E-state index contributed by atoms with van der Waals surface area (Å²) in [5.41, 5.74) is 2.88. The molecule has 138 valence electrons. The van der Waals surface area contributed by atoms with E-state index in [2.05, 4.69) is 27.1 Å². The number of fused-ring (bicyclic) bond motifs is 2. The minimum Gasteiger partial charge on any atom is -0.361 e. The summed E-state index contributed by atoms with van der Waals surface area (Å²) < 4.78 is 0.617. The van der Waals surface area contributed by atoms with E-state index in [1.54, 1.807) is 11.9 Å². The molecule has 4 aromatic rings. The van der Waals surface area contributed by atoms with Crippen LogP contribution in [0.3, 0.4) is 0 Å². The normalized spacial score (nSPS) is 11.3. The van der Waals surface area contributed by atoms with Gasteiger partial charge in [0.25, 0.3) is 5.56 Å². The maximum absolute atomic E-state index is 12.4. The molecule has 0 unspecified atom stereocenters. The fourth-order valence-electron chi connectivity index (χ4n) is 3.27. The van der Waals surface area contributed by atoms with E-state index in [-0.39, 0.29) is 11.5 Å². The number of aromatic nitrogens is 3. The number of aromatic amines is 2.